The molecular formula is C16H15FO3. The molecular weight excluding hydrogens is 259 g/mol. The molecule has 2 aromatic rings. The van der Waals surface area contributed by atoms with E-state index in [0.717, 1.165) is 5.56 Å². The van der Waals surface area contributed by atoms with Crippen LogP contribution in [0.1, 0.15) is 17.0 Å². The van der Waals surface area contributed by atoms with E-state index in [1.807, 2.05) is 30.3 Å². The van der Waals surface area contributed by atoms with E-state index in [0.29, 0.717) is 12.2 Å². The largest absolute Gasteiger partial charge is 0.481 e. The third kappa shape index (κ3) is 3.90. The molecule has 3 nitrogen and oxygen atoms in total. The zero-order valence-corrected chi connectivity index (χ0v) is 10.8. The molecule has 0 aliphatic heterocycles. The van der Waals surface area contributed by atoms with Gasteiger partial charge < -0.3 is 9.84 Å². The van der Waals surface area contributed by atoms with Crippen LogP contribution < -0.4 is 0 Å². The van der Waals surface area contributed by atoms with Gasteiger partial charge in [0.25, 0.3) is 0 Å². The van der Waals surface area contributed by atoms with Crippen LogP contribution >= 0.6 is 0 Å². The second-order valence-electron chi connectivity index (χ2n) is 4.44. The molecule has 0 radical (unpaired) electrons. The third-order valence-electron chi connectivity index (χ3n) is 2.97. The lowest BCUT2D eigenvalue weighted by Crippen LogP contribution is -2.17. The number of carboxylic acids is 1. The highest BCUT2D eigenvalue weighted by atomic mass is 19.1. The fraction of sp³-hybridized carbons (Fsp3) is 0.188. The van der Waals surface area contributed by atoms with Gasteiger partial charge in [-0.15, -0.1) is 0 Å². The van der Waals surface area contributed by atoms with Crippen molar-refractivity contribution in [2.45, 2.75) is 12.5 Å². The van der Waals surface area contributed by atoms with Crippen molar-refractivity contribution in [1.29, 1.82) is 0 Å². The van der Waals surface area contributed by atoms with Crippen molar-refractivity contribution in [2.24, 2.45) is 0 Å². The molecule has 0 saturated heterocycles. The standard InChI is InChI=1S/C16H15FO3/c17-14-8-6-13(7-9-14)15(16(18)19)11-20-10-12-4-2-1-3-5-12/h1-9,15H,10-11H2,(H,18,19). The molecule has 104 valence electrons. The molecule has 0 bridgehead atoms. The molecule has 0 amide bonds. The Labute approximate surface area is 116 Å². The molecule has 2 rings (SSSR count). The van der Waals surface area contributed by atoms with Crippen molar-refractivity contribution in [2.75, 3.05) is 6.61 Å². The molecule has 1 unspecified atom stereocenters. The van der Waals surface area contributed by atoms with Gasteiger partial charge >= 0.3 is 5.97 Å². The monoisotopic (exact) mass is 274 g/mol. The zero-order valence-electron chi connectivity index (χ0n) is 10.8. The number of aliphatic carboxylic acids is 1. The highest BCUT2D eigenvalue weighted by molar-refractivity contribution is 5.76. The molecule has 1 N–H and O–H groups in total. The summed E-state index contributed by atoms with van der Waals surface area (Å²) >= 11 is 0. The molecule has 1 atom stereocenters. The quantitative estimate of drug-likeness (QED) is 0.879. The molecule has 0 spiro atoms. The summed E-state index contributed by atoms with van der Waals surface area (Å²) in [6.07, 6.45) is 0. The predicted octanol–water partition coefficient (Wildman–Crippen LogP) is 3.21. The molecule has 0 heterocycles. The van der Waals surface area contributed by atoms with E-state index < -0.39 is 11.9 Å². The van der Waals surface area contributed by atoms with Crippen LogP contribution in [0.25, 0.3) is 0 Å². The lowest BCUT2D eigenvalue weighted by atomic mass is 10.0. The fourth-order valence-corrected chi connectivity index (χ4v) is 1.87. The van der Waals surface area contributed by atoms with Gasteiger partial charge in [0.05, 0.1) is 13.2 Å². The zero-order chi connectivity index (χ0) is 14.4. The normalized spacial score (nSPS) is 12.1. The van der Waals surface area contributed by atoms with E-state index in [-0.39, 0.29) is 12.4 Å². The summed E-state index contributed by atoms with van der Waals surface area (Å²) in [4.78, 5) is 11.3. The highest BCUT2D eigenvalue weighted by Crippen LogP contribution is 2.18. The first-order valence-electron chi connectivity index (χ1n) is 6.27. The number of halogens is 1. The van der Waals surface area contributed by atoms with Gasteiger partial charge in [-0.05, 0) is 23.3 Å². The van der Waals surface area contributed by atoms with Crippen molar-refractivity contribution in [1.82, 2.24) is 0 Å². The second-order valence-corrected chi connectivity index (χ2v) is 4.44. The molecule has 0 aromatic heterocycles. The molecule has 2 aromatic carbocycles. The number of hydrogen-bond donors (Lipinski definition) is 1. The first-order chi connectivity index (χ1) is 9.66. The van der Waals surface area contributed by atoms with E-state index in [2.05, 4.69) is 0 Å². The SMILES string of the molecule is O=C(O)C(COCc1ccccc1)c1ccc(F)cc1. The number of hydrogen-bond acceptors (Lipinski definition) is 2. The lowest BCUT2D eigenvalue weighted by Gasteiger charge is -2.13. The maximum absolute atomic E-state index is 12.8. The van der Waals surface area contributed by atoms with Crippen molar-refractivity contribution < 1.29 is 19.0 Å². The number of benzene rings is 2. The van der Waals surface area contributed by atoms with E-state index >= 15 is 0 Å². The van der Waals surface area contributed by atoms with Gasteiger partial charge in [0.1, 0.15) is 11.7 Å². The Kier molecular flexibility index (Phi) is 4.85. The van der Waals surface area contributed by atoms with Crippen LogP contribution in [-0.4, -0.2) is 17.7 Å². The summed E-state index contributed by atoms with van der Waals surface area (Å²) in [5.41, 5.74) is 1.52. The van der Waals surface area contributed by atoms with Crippen LogP contribution in [-0.2, 0) is 16.1 Å². The van der Waals surface area contributed by atoms with Gasteiger partial charge in [-0.25, -0.2) is 4.39 Å². The van der Waals surface area contributed by atoms with Crippen molar-refractivity contribution in [3.8, 4) is 0 Å². The van der Waals surface area contributed by atoms with Crippen LogP contribution in [0, 0.1) is 5.82 Å². The molecule has 0 aliphatic rings. The van der Waals surface area contributed by atoms with Gasteiger partial charge in [-0.1, -0.05) is 42.5 Å². The topological polar surface area (TPSA) is 46.5 Å². The van der Waals surface area contributed by atoms with Crippen molar-refractivity contribution in [3.05, 3.63) is 71.5 Å². The number of rotatable bonds is 6. The lowest BCUT2D eigenvalue weighted by molar-refractivity contribution is -0.140. The molecule has 4 heteroatoms. The van der Waals surface area contributed by atoms with Crippen LogP contribution in [0.3, 0.4) is 0 Å². The summed E-state index contributed by atoms with van der Waals surface area (Å²) in [5.74, 6) is -2.16. The smallest absolute Gasteiger partial charge is 0.313 e. The fourth-order valence-electron chi connectivity index (χ4n) is 1.87. The van der Waals surface area contributed by atoms with Crippen LogP contribution in [0.2, 0.25) is 0 Å². The molecule has 0 aliphatic carbocycles. The summed E-state index contributed by atoms with van der Waals surface area (Å²) < 4.78 is 18.3. The second kappa shape index (κ2) is 6.82. The first-order valence-corrected chi connectivity index (χ1v) is 6.27. The van der Waals surface area contributed by atoms with Gasteiger partial charge in [0, 0.05) is 0 Å². The predicted molar refractivity (Wildman–Crippen MR) is 72.9 cm³/mol. The van der Waals surface area contributed by atoms with Gasteiger partial charge in [0.15, 0.2) is 0 Å². The van der Waals surface area contributed by atoms with Gasteiger partial charge in [-0.2, -0.15) is 0 Å². The Hall–Kier alpha value is -2.20. The third-order valence-corrected chi connectivity index (χ3v) is 2.97. The average molecular weight is 274 g/mol. The van der Waals surface area contributed by atoms with Gasteiger partial charge in [-0.3, -0.25) is 4.79 Å². The highest BCUT2D eigenvalue weighted by Gasteiger charge is 2.20. The maximum Gasteiger partial charge on any atom is 0.313 e. The Morgan fingerprint density at radius 1 is 1.10 bits per heavy atom. The number of carboxylic acid groups (broad SMARTS) is 1. The van der Waals surface area contributed by atoms with Gasteiger partial charge in [0.2, 0.25) is 0 Å². The van der Waals surface area contributed by atoms with E-state index in [4.69, 9.17) is 4.74 Å². The Balaban J connectivity index is 1.96. The Bertz CT molecular complexity index is 552. The van der Waals surface area contributed by atoms with Crippen LogP contribution in [0.15, 0.2) is 54.6 Å². The van der Waals surface area contributed by atoms with E-state index in [1.54, 1.807) is 0 Å². The molecule has 0 fully saturated rings. The molecule has 20 heavy (non-hydrogen) atoms. The number of carbonyl (C=O) groups is 1. The maximum atomic E-state index is 12.8. The summed E-state index contributed by atoms with van der Waals surface area (Å²) in [6, 6.07) is 15.0. The van der Waals surface area contributed by atoms with Crippen molar-refractivity contribution >= 4 is 5.97 Å². The van der Waals surface area contributed by atoms with Crippen LogP contribution in [0.5, 0.6) is 0 Å². The van der Waals surface area contributed by atoms with Crippen LogP contribution in [0.4, 0.5) is 4.39 Å². The molecule has 0 saturated carbocycles. The summed E-state index contributed by atoms with van der Waals surface area (Å²) in [6.45, 7) is 0.404. The number of ether oxygens (including phenoxy) is 1. The Morgan fingerprint density at radius 2 is 1.75 bits per heavy atom. The van der Waals surface area contributed by atoms with Crippen molar-refractivity contribution in [3.63, 3.8) is 0 Å². The Morgan fingerprint density at radius 3 is 2.35 bits per heavy atom. The minimum absolute atomic E-state index is 0.0514. The minimum Gasteiger partial charge on any atom is -0.481 e. The average Bonchev–Trinajstić information content (AvgIpc) is 2.46. The summed E-state index contributed by atoms with van der Waals surface area (Å²) in [7, 11) is 0. The van der Waals surface area contributed by atoms with E-state index in [1.165, 1.54) is 24.3 Å². The summed E-state index contributed by atoms with van der Waals surface area (Å²) in [5, 5.41) is 9.22. The minimum atomic E-state index is -0.982. The first kappa shape index (κ1) is 14.2. The van der Waals surface area contributed by atoms with E-state index in [9.17, 15) is 14.3 Å².